The van der Waals surface area contributed by atoms with Crippen molar-refractivity contribution in [1.29, 1.82) is 0 Å². The molecule has 17 heavy (non-hydrogen) atoms. The van der Waals surface area contributed by atoms with Crippen LogP contribution in [-0.4, -0.2) is 14.8 Å². The number of hydrogen-bond acceptors (Lipinski definition) is 5. The second-order valence-electron chi connectivity index (χ2n) is 3.66. The zero-order valence-corrected chi connectivity index (χ0v) is 9.81. The minimum absolute atomic E-state index is 0.734. The highest BCUT2D eigenvalue weighted by molar-refractivity contribution is 7.09. The third kappa shape index (κ3) is 2.09. The van der Waals surface area contributed by atoms with Crippen LogP contribution in [0.1, 0.15) is 5.56 Å². The van der Waals surface area contributed by atoms with E-state index in [2.05, 4.69) is 56.5 Å². The summed E-state index contributed by atoms with van der Waals surface area (Å²) in [6, 6.07) is 14.6. The van der Waals surface area contributed by atoms with Gasteiger partial charge in [-0.1, -0.05) is 52.1 Å². The molecule has 1 aromatic heterocycles. The molecule has 0 aliphatic heterocycles. The molecule has 1 heterocycles. The number of hydrogen-bond donors (Lipinski definition) is 1. The second kappa shape index (κ2) is 4.47. The molecule has 4 nitrogen and oxygen atoms in total. The Bertz CT molecular complexity index is 616. The van der Waals surface area contributed by atoms with E-state index in [0.29, 0.717) is 0 Å². The van der Waals surface area contributed by atoms with E-state index in [1.807, 2.05) is 6.07 Å². The van der Waals surface area contributed by atoms with Crippen LogP contribution in [0.4, 0.5) is 5.13 Å². The molecule has 0 unspecified atom stereocenters. The fraction of sp³-hybridized carbons (Fsp3) is 0.0833. The van der Waals surface area contributed by atoms with Gasteiger partial charge in [0.1, 0.15) is 0 Å². The summed E-state index contributed by atoms with van der Waals surface area (Å²) in [6.45, 7) is 0.734. The number of nitrogens with one attached hydrogen (secondary N) is 1. The van der Waals surface area contributed by atoms with Crippen molar-refractivity contribution in [2.45, 2.75) is 6.54 Å². The van der Waals surface area contributed by atoms with E-state index < -0.39 is 0 Å². The minimum atomic E-state index is 0.734. The summed E-state index contributed by atoms with van der Waals surface area (Å²) in [5.41, 5.74) is 1.25. The fourth-order valence-corrected chi connectivity index (χ4v) is 2.18. The van der Waals surface area contributed by atoms with Gasteiger partial charge in [-0.2, -0.15) is 0 Å². The summed E-state index contributed by atoms with van der Waals surface area (Å²) in [4.78, 5) is 0. The minimum Gasteiger partial charge on any atom is -0.355 e. The van der Waals surface area contributed by atoms with Crippen LogP contribution in [-0.2, 0) is 6.54 Å². The van der Waals surface area contributed by atoms with Crippen LogP contribution in [0.25, 0.3) is 10.8 Å². The molecule has 84 valence electrons. The predicted octanol–water partition coefficient (Wildman–Crippen LogP) is 2.70. The Morgan fingerprint density at radius 3 is 2.82 bits per heavy atom. The largest absolute Gasteiger partial charge is 0.355 e. The SMILES string of the molecule is c1ccc2c(CNc3nnns3)cccc2c1. The zero-order chi connectivity index (χ0) is 11.5. The van der Waals surface area contributed by atoms with Gasteiger partial charge in [-0.3, -0.25) is 0 Å². The second-order valence-corrected chi connectivity index (χ2v) is 4.39. The van der Waals surface area contributed by atoms with E-state index in [-0.39, 0.29) is 0 Å². The molecule has 3 aromatic rings. The summed E-state index contributed by atoms with van der Waals surface area (Å²) in [5.74, 6) is 0. The summed E-state index contributed by atoms with van der Waals surface area (Å²) in [5, 5.41) is 13.9. The van der Waals surface area contributed by atoms with Crippen LogP contribution in [0.15, 0.2) is 42.5 Å². The first kappa shape index (κ1) is 10.2. The fourth-order valence-electron chi connectivity index (χ4n) is 1.82. The Morgan fingerprint density at radius 2 is 1.94 bits per heavy atom. The topological polar surface area (TPSA) is 50.7 Å². The number of rotatable bonds is 3. The summed E-state index contributed by atoms with van der Waals surface area (Å²) >= 11 is 1.26. The van der Waals surface area contributed by atoms with Gasteiger partial charge in [0.25, 0.3) is 0 Å². The van der Waals surface area contributed by atoms with E-state index in [4.69, 9.17) is 0 Å². The Balaban J connectivity index is 1.90. The predicted molar refractivity (Wildman–Crippen MR) is 69.0 cm³/mol. The quantitative estimate of drug-likeness (QED) is 0.767. The van der Waals surface area contributed by atoms with Gasteiger partial charge in [0, 0.05) is 18.1 Å². The molecule has 0 atom stereocenters. The standard InChI is InChI=1S/C12H10N4S/c1-2-7-11-9(4-1)5-3-6-10(11)8-13-12-14-15-16-17-12/h1-7H,8H2,(H,13,14,16). The van der Waals surface area contributed by atoms with Gasteiger partial charge in [0.15, 0.2) is 0 Å². The van der Waals surface area contributed by atoms with Gasteiger partial charge in [-0.05, 0) is 21.5 Å². The van der Waals surface area contributed by atoms with E-state index in [9.17, 15) is 0 Å². The first-order valence-electron chi connectivity index (χ1n) is 5.29. The summed E-state index contributed by atoms with van der Waals surface area (Å²) in [7, 11) is 0. The highest BCUT2D eigenvalue weighted by Crippen LogP contribution is 2.19. The number of anilines is 1. The van der Waals surface area contributed by atoms with Gasteiger partial charge in [-0.25, -0.2) is 0 Å². The molecular formula is C12H10N4S. The Hall–Kier alpha value is -2.01. The molecule has 0 saturated carbocycles. The summed E-state index contributed by atoms with van der Waals surface area (Å²) < 4.78 is 3.71. The van der Waals surface area contributed by atoms with Crippen molar-refractivity contribution in [3.63, 3.8) is 0 Å². The summed E-state index contributed by atoms with van der Waals surface area (Å²) in [6.07, 6.45) is 0. The molecule has 0 radical (unpaired) electrons. The smallest absolute Gasteiger partial charge is 0.225 e. The van der Waals surface area contributed by atoms with Crippen molar-refractivity contribution in [2.24, 2.45) is 0 Å². The molecule has 0 fully saturated rings. The van der Waals surface area contributed by atoms with Gasteiger partial charge in [0.2, 0.25) is 5.13 Å². The van der Waals surface area contributed by atoms with Crippen molar-refractivity contribution in [3.05, 3.63) is 48.0 Å². The normalized spacial score (nSPS) is 10.6. The molecule has 1 N–H and O–H groups in total. The number of aromatic nitrogens is 3. The first-order chi connectivity index (χ1) is 8.43. The van der Waals surface area contributed by atoms with Gasteiger partial charge >= 0.3 is 0 Å². The number of nitrogens with zero attached hydrogens (tertiary/aromatic N) is 3. The van der Waals surface area contributed by atoms with Crippen molar-refractivity contribution < 1.29 is 0 Å². The van der Waals surface area contributed by atoms with Gasteiger partial charge in [-0.15, -0.1) is 0 Å². The van der Waals surface area contributed by atoms with E-state index in [1.54, 1.807) is 0 Å². The Morgan fingerprint density at radius 1 is 1.06 bits per heavy atom. The third-order valence-corrected chi connectivity index (χ3v) is 3.16. The van der Waals surface area contributed by atoms with E-state index in [0.717, 1.165) is 11.7 Å². The van der Waals surface area contributed by atoms with Gasteiger partial charge in [0.05, 0.1) is 0 Å². The maximum atomic E-state index is 3.86. The van der Waals surface area contributed by atoms with Crippen LogP contribution in [0.5, 0.6) is 0 Å². The molecule has 0 bridgehead atoms. The number of fused-ring (bicyclic) bond motifs is 1. The van der Waals surface area contributed by atoms with Crippen molar-refractivity contribution in [2.75, 3.05) is 5.32 Å². The van der Waals surface area contributed by atoms with E-state index >= 15 is 0 Å². The highest BCUT2D eigenvalue weighted by Gasteiger charge is 2.01. The molecular weight excluding hydrogens is 232 g/mol. The monoisotopic (exact) mass is 242 g/mol. The molecule has 2 aromatic carbocycles. The Kier molecular flexibility index (Phi) is 2.67. The molecule has 0 spiro atoms. The van der Waals surface area contributed by atoms with Crippen LogP contribution in [0, 0.1) is 0 Å². The molecule has 0 saturated heterocycles. The van der Waals surface area contributed by atoms with Crippen LogP contribution < -0.4 is 5.32 Å². The lowest BCUT2D eigenvalue weighted by Crippen LogP contribution is -1.99. The van der Waals surface area contributed by atoms with Crippen molar-refractivity contribution >= 4 is 27.4 Å². The maximum Gasteiger partial charge on any atom is 0.225 e. The average Bonchev–Trinajstić information content (AvgIpc) is 2.89. The van der Waals surface area contributed by atoms with Crippen LogP contribution >= 0.6 is 11.5 Å². The lowest BCUT2D eigenvalue weighted by Gasteiger charge is -2.06. The molecule has 3 rings (SSSR count). The first-order valence-corrected chi connectivity index (χ1v) is 6.06. The molecule has 0 aliphatic rings. The van der Waals surface area contributed by atoms with Crippen molar-refractivity contribution in [1.82, 2.24) is 14.8 Å². The molecule has 0 amide bonds. The van der Waals surface area contributed by atoms with E-state index in [1.165, 1.54) is 27.9 Å². The zero-order valence-electron chi connectivity index (χ0n) is 9.00. The van der Waals surface area contributed by atoms with Crippen molar-refractivity contribution in [3.8, 4) is 0 Å². The van der Waals surface area contributed by atoms with Gasteiger partial charge < -0.3 is 5.32 Å². The highest BCUT2D eigenvalue weighted by atomic mass is 32.1. The lowest BCUT2D eigenvalue weighted by atomic mass is 10.0. The molecule has 0 aliphatic carbocycles. The molecule has 5 heteroatoms. The third-order valence-electron chi connectivity index (χ3n) is 2.61. The van der Waals surface area contributed by atoms with Crippen LogP contribution in [0.2, 0.25) is 0 Å². The lowest BCUT2D eigenvalue weighted by molar-refractivity contribution is 0.951. The Labute approximate surface area is 102 Å². The average molecular weight is 242 g/mol. The van der Waals surface area contributed by atoms with Crippen LogP contribution in [0.3, 0.4) is 0 Å². The number of benzene rings is 2. The maximum absolute atomic E-state index is 3.86.